The van der Waals surface area contributed by atoms with Crippen molar-refractivity contribution in [3.05, 3.63) is 34.9 Å². The first kappa shape index (κ1) is 12.2. The van der Waals surface area contributed by atoms with Crippen LogP contribution in [0.1, 0.15) is 5.56 Å². The second kappa shape index (κ2) is 5.89. The molecule has 0 spiro atoms. The Hall–Kier alpha value is -1.26. The van der Waals surface area contributed by atoms with Crippen molar-refractivity contribution in [3.63, 3.8) is 0 Å². The monoisotopic (exact) mass is 253 g/mol. The Morgan fingerprint density at radius 3 is 2.88 bits per heavy atom. The first-order chi connectivity index (χ1) is 8.24. The number of nitrogens with one attached hydrogen (secondary N) is 3. The highest BCUT2D eigenvalue weighted by Crippen LogP contribution is 2.10. The summed E-state index contributed by atoms with van der Waals surface area (Å²) in [5, 5.41) is 9.50. The number of carbonyl (C=O) groups excluding carboxylic acids is 1. The molecule has 0 aliphatic carbocycles. The molecule has 1 aromatic rings. The summed E-state index contributed by atoms with van der Waals surface area (Å²) >= 11 is 5.85. The van der Waals surface area contributed by atoms with E-state index in [0.29, 0.717) is 17.5 Å². The molecular weight excluding hydrogens is 238 g/mol. The Morgan fingerprint density at radius 1 is 1.41 bits per heavy atom. The molecule has 1 aromatic carbocycles. The van der Waals surface area contributed by atoms with Crippen LogP contribution >= 0.6 is 11.6 Å². The van der Waals surface area contributed by atoms with Crippen molar-refractivity contribution >= 4 is 17.6 Å². The molecule has 1 aliphatic rings. The summed E-state index contributed by atoms with van der Waals surface area (Å²) in [7, 11) is 0. The second-order valence-corrected chi connectivity index (χ2v) is 4.65. The fourth-order valence-electron chi connectivity index (χ4n) is 1.62. The van der Waals surface area contributed by atoms with Crippen LogP contribution in [0.4, 0.5) is 4.79 Å². The lowest BCUT2D eigenvalue weighted by atomic mass is 10.0. The highest BCUT2D eigenvalue weighted by molar-refractivity contribution is 6.30. The minimum Gasteiger partial charge on any atom is -0.338 e. The molecule has 1 saturated heterocycles. The predicted octanol–water partition coefficient (Wildman–Crippen LogP) is 1.36. The lowest BCUT2D eigenvalue weighted by Gasteiger charge is -2.27. The molecule has 17 heavy (non-hydrogen) atoms. The maximum absolute atomic E-state index is 11.5. The molecule has 0 bridgehead atoms. The van der Waals surface area contributed by atoms with Crippen LogP contribution in [0.15, 0.2) is 24.3 Å². The van der Waals surface area contributed by atoms with Gasteiger partial charge in [0.05, 0.1) is 0 Å². The second-order valence-electron chi connectivity index (χ2n) is 4.22. The van der Waals surface area contributed by atoms with Crippen LogP contribution < -0.4 is 16.0 Å². The van der Waals surface area contributed by atoms with Gasteiger partial charge in [-0.15, -0.1) is 0 Å². The average Bonchev–Trinajstić information content (AvgIpc) is 2.24. The van der Waals surface area contributed by atoms with Gasteiger partial charge in [-0.1, -0.05) is 23.7 Å². The first-order valence-corrected chi connectivity index (χ1v) is 6.08. The SMILES string of the molecule is O=C(NCc1cccc(Cl)c1)NCC1CNC1. The molecule has 1 aliphatic heterocycles. The topological polar surface area (TPSA) is 53.2 Å². The van der Waals surface area contributed by atoms with Crippen LogP contribution in [0.25, 0.3) is 0 Å². The van der Waals surface area contributed by atoms with Gasteiger partial charge in [0.1, 0.15) is 0 Å². The van der Waals surface area contributed by atoms with Gasteiger partial charge in [-0.25, -0.2) is 4.79 Å². The summed E-state index contributed by atoms with van der Waals surface area (Å²) in [6.07, 6.45) is 0. The van der Waals surface area contributed by atoms with Gasteiger partial charge >= 0.3 is 6.03 Å². The Bertz CT molecular complexity index is 393. The Balaban J connectivity index is 1.68. The van der Waals surface area contributed by atoms with Gasteiger partial charge in [-0.3, -0.25) is 0 Å². The summed E-state index contributed by atoms with van der Waals surface area (Å²) in [4.78, 5) is 11.5. The number of amides is 2. The third-order valence-electron chi connectivity index (χ3n) is 2.76. The largest absolute Gasteiger partial charge is 0.338 e. The third-order valence-corrected chi connectivity index (χ3v) is 2.99. The minimum atomic E-state index is -0.128. The molecule has 2 rings (SSSR count). The Labute approximate surface area is 106 Å². The van der Waals surface area contributed by atoms with Gasteiger partial charge in [0.2, 0.25) is 0 Å². The molecule has 0 unspecified atom stereocenters. The number of carbonyl (C=O) groups is 1. The maximum atomic E-state index is 11.5. The van der Waals surface area contributed by atoms with E-state index in [1.807, 2.05) is 24.3 Å². The van der Waals surface area contributed by atoms with E-state index in [-0.39, 0.29) is 6.03 Å². The number of hydrogen-bond donors (Lipinski definition) is 3. The molecule has 92 valence electrons. The van der Waals surface area contributed by atoms with Crippen LogP contribution in [0, 0.1) is 5.92 Å². The van der Waals surface area contributed by atoms with Gasteiger partial charge in [0.25, 0.3) is 0 Å². The van der Waals surface area contributed by atoms with Crippen LogP contribution in [-0.2, 0) is 6.54 Å². The highest BCUT2D eigenvalue weighted by Gasteiger charge is 2.16. The fraction of sp³-hybridized carbons (Fsp3) is 0.417. The van der Waals surface area contributed by atoms with Crippen molar-refractivity contribution in [2.24, 2.45) is 5.92 Å². The minimum absolute atomic E-state index is 0.128. The molecular formula is C12H16ClN3O. The van der Waals surface area contributed by atoms with Gasteiger partial charge in [0.15, 0.2) is 0 Å². The van der Waals surface area contributed by atoms with Gasteiger partial charge in [-0.05, 0) is 17.7 Å². The molecule has 0 aromatic heterocycles. The predicted molar refractivity (Wildman–Crippen MR) is 68.1 cm³/mol. The standard InChI is InChI=1S/C12H16ClN3O/c13-11-3-1-2-9(4-11)7-15-12(17)16-8-10-5-14-6-10/h1-4,10,14H,5-8H2,(H2,15,16,17). The van der Waals surface area contributed by atoms with Crippen molar-refractivity contribution in [2.75, 3.05) is 19.6 Å². The number of benzene rings is 1. The van der Waals surface area contributed by atoms with Crippen molar-refractivity contribution in [2.45, 2.75) is 6.54 Å². The summed E-state index contributed by atoms with van der Waals surface area (Å²) in [5.41, 5.74) is 0.998. The summed E-state index contributed by atoms with van der Waals surface area (Å²) in [6.45, 7) is 3.22. The highest BCUT2D eigenvalue weighted by atomic mass is 35.5. The van der Waals surface area contributed by atoms with Gasteiger partial charge in [-0.2, -0.15) is 0 Å². The number of halogens is 1. The molecule has 2 amide bonds. The zero-order valence-corrected chi connectivity index (χ0v) is 10.3. The van der Waals surface area contributed by atoms with Crippen molar-refractivity contribution in [1.29, 1.82) is 0 Å². The van der Waals surface area contributed by atoms with Crippen LogP contribution in [0.2, 0.25) is 5.02 Å². The average molecular weight is 254 g/mol. The van der Waals surface area contributed by atoms with Crippen molar-refractivity contribution in [3.8, 4) is 0 Å². The van der Waals surface area contributed by atoms with Crippen molar-refractivity contribution < 1.29 is 4.79 Å². The van der Waals surface area contributed by atoms with E-state index in [1.165, 1.54) is 0 Å². The first-order valence-electron chi connectivity index (χ1n) is 5.71. The zero-order valence-electron chi connectivity index (χ0n) is 9.50. The Morgan fingerprint density at radius 2 is 2.24 bits per heavy atom. The molecule has 0 saturated carbocycles. The summed E-state index contributed by atoms with van der Waals surface area (Å²) in [6, 6.07) is 7.34. The molecule has 4 nitrogen and oxygen atoms in total. The van der Waals surface area contributed by atoms with E-state index in [9.17, 15) is 4.79 Å². The maximum Gasteiger partial charge on any atom is 0.315 e. The lowest BCUT2D eigenvalue weighted by molar-refractivity contribution is 0.235. The molecule has 0 radical (unpaired) electrons. The third kappa shape index (κ3) is 3.91. The van der Waals surface area contributed by atoms with E-state index in [0.717, 1.165) is 25.2 Å². The van der Waals surface area contributed by atoms with E-state index >= 15 is 0 Å². The molecule has 0 atom stereocenters. The van der Waals surface area contributed by atoms with Crippen LogP contribution in [0.5, 0.6) is 0 Å². The van der Waals surface area contributed by atoms with E-state index in [1.54, 1.807) is 0 Å². The van der Waals surface area contributed by atoms with Crippen LogP contribution in [0.3, 0.4) is 0 Å². The molecule has 1 fully saturated rings. The smallest absolute Gasteiger partial charge is 0.315 e. The van der Waals surface area contributed by atoms with E-state index in [4.69, 9.17) is 11.6 Å². The normalized spacial score (nSPS) is 15.1. The van der Waals surface area contributed by atoms with E-state index in [2.05, 4.69) is 16.0 Å². The van der Waals surface area contributed by atoms with Crippen LogP contribution in [-0.4, -0.2) is 25.7 Å². The number of rotatable bonds is 4. The fourth-order valence-corrected chi connectivity index (χ4v) is 1.83. The van der Waals surface area contributed by atoms with E-state index < -0.39 is 0 Å². The van der Waals surface area contributed by atoms with Gasteiger partial charge < -0.3 is 16.0 Å². The van der Waals surface area contributed by atoms with Crippen molar-refractivity contribution in [1.82, 2.24) is 16.0 Å². The molecule has 1 heterocycles. The zero-order chi connectivity index (χ0) is 12.1. The number of urea groups is 1. The van der Waals surface area contributed by atoms with Gasteiger partial charge in [0, 0.05) is 37.1 Å². The molecule has 3 N–H and O–H groups in total. The number of hydrogen-bond acceptors (Lipinski definition) is 2. The molecule has 5 heteroatoms. The quantitative estimate of drug-likeness (QED) is 0.759. The lowest BCUT2D eigenvalue weighted by Crippen LogP contribution is -2.49. The Kier molecular flexibility index (Phi) is 4.23. The summed E-state index contributed by atoms with van der Waals surface area (Å²) in [5.74, 6) is 0.576. The summed E-state index contributed by atoms with van der Waals surface area (Å²) < 4.78 is 0.